The highest BCUT2D eigenvalue weighted by Gasteiger charge is 2.26. The topological polar surface area (TPSA) is 108 Å². The SMILES string of the molecule is CC1CCC(N2C=C(CC(CCCNC(=O)[C@@H](N)Cc3ccccc3)C(=O)O)N=I2)CC1. The first-order chi connectivity index (χ1) is 15.4. The standard InChI is InChI=1S/C24H35IN4O3/c1-17-9-11-21(12-10-17)29-16-20(28-25-29)15-19(24(31)32)8-5-13-27-23(30)22(26)14-18-6-3-2-4-7-18/h2-4,6-7,16-17,19,21-22H,5,8-15,26H2,1H3,(H,27,30)(H,31,32)/t17?,19?,21?,22-/m0/s1. The van der Waals surface area contributed by atoms with Crippen molar-refractivity contribution in [2.45, 2.75) is 70.4 Å². The summed E-state index contributed by atoms with van der Waals surface area (Å²) in [6.45, 7) is 2.75. The van der Waals surface area contributed by atoms with Gasteiger partial charge in [0, 0.05) is 25.2 Å². The van der Waals surface area contributed by atoms with Crippen LogP contribution in [0.1, 0.15) is 57.4 Å². The van der Waals surface area contributed by atoms with Crippen LogP contribution in [0, 0.1) is 11.8 Å². The molecule has 2 aliphatic rings. The van der Waals surface area contributed by atoms with E-state index in [0.717, 1.165) is 17.2 Å². The number of halogens is 1. The van der Waals surface area contributed by atoms with Crippen molar-refractivity contribution < 1.29 is 14.7 Å². The molecule has 0 aromatic heterocycles. The fourth-order valence-corrected chi connectivity index (χ4v) is 6.44. The third-order valence-corrected chi connectivity index (χ3v) is 8.71. The van der Waals surface area contributed by atoms with Gasteiger partial charge in [0.15, 0.2) is 0 Å². The van der Waals surface area contributed by atoms with Crippen LogP contribution in [0.15, 0.2) is 45.4 Å². The normalized spacial score (nSPS) is 22.6. The molecular weight excluding hydrogens is 519 g/mol. The first-order valence-corrected chi connectivity index (χ1v) is 13.5. The number of carboxylic acids is 1. The fourth-order valence-electron chi connectivity index (χ4n) is 4.24. The number of carbonyl (C=O) groups excluding carboxylic acids is 1. The van der Waals surface area contributed by atoms with Gasteiger partial charge >= 0.3 is 5.97 Å². The Hall–Kier alpha value is -1.81. The van der Waals surface area contributed by atoms with Gasteiger partial charge in [-0.25, -0.2) is 3.15 Å². The second-order valence-electron chi connectivity index (χ2n) is 9.01. The van der Waals surface area contributed by atoms with Crippen molar-refractivity contribution in [1.29, 1.82) is 0 Å². The summed E-state index contributed by atoms with van der Waals surface area (Å²) in [5, 5.41) is 12.5. The molecule has 1 unspecified atom stereocenters. The van der Waals surface area contributed by atoms with Gasteiger partial charge in [-0.1, -0.05) is 37.3 Å². The molecule has 1 amide bonds. The number of aliphatic carboxylic acids is 1. The maximum Gasteiger partial charge on any atom is 0.306 e. The highest BCUT2D eigenvalue weighted by atomic mass is 127. The first kappa shape index (κ1) is 24.8. The average molecular weight is 554 g/mol. The molecular formula is C24H35IN4O3. The van der Waals surface area contributed by atoms with Crippen molar-refractivity contribution in [3.05, 3.63) is 47.8 Å². The Morgan fingerprint density at radius 3 is 2.62 bits per heavy atom. The second kappa shape index (κ2) is 12.4. The van der Waals surface area contributed by atoms with E-state index in [-0.39, 0.29) is 5.91 Å². The molecule has 1 aromatic carbocycles. The molecule has 2 atom stereocenters. The third-order valence-electron chi connectivity index (χ3n) is 6.31. The molecule has 1 heterocycles. The number of hydrogen-bond acceptors (Lipinski definition) is 5. The molecule has 1 aliphatic carbocycles. The quantitative estimate of drug-likeness (QED) is 0.214. The van der Waals surface area contributed by atoms with Gasteiger partial charge in [0.1, 0.15) is 21.3 Å². The fraction of sp³-hybridized carbons (Fsp3) is 0.583. The van der Waals surface area contributed by atoms with Crippen LogP contribution in [-0.4, -0.2) is 38.7 Å². The van der Waals surface area contributed by atoms with Gasteiger partial charge in [0.05, 0.1) is 17.7 Å². The number of nitrogens with zero attached hydrogens (tertiary/aromatic N) is 2. The summed E-state index contributed by atoms with van der Waals surface area (Å²) in [7, 11) is 0. The lowest BCUT2D eigenvalue weighted by atomic mass is 9.87. The molecule has 3 rings (SSSR count). The van der Waals surface area contributed by atoms with E-state index in [2.05, 4.69) is 21.6 Å². The molecule has 7 nitrogen and oxygen atoms in total. The molecule has 4 N–H and O–H groups in total. The number of nitrogens with two attached hydrogens (primary N) is 1. The molecule has 1 fully saturated rings. The van der Waals surface area contributed by atoms with Gasteiger partial charge in [-0.05, 0) is 56.4 Å². The summed E-state index contributed by atoms with van der Waals surface area (Å²) in [6, 6.07) is 9.66. The van der Waals surface area contributed by atoms with Crippen molar-refractivity contribution in [2.75, 3.05) is 6.54 Å². The van der Waals surface area contributed by atoms with Crippen LogP contribution in [0.25, 0.3) is 0 Å². The Balaban J connectivity index is 1.39. The summed E-state index contributed by atoms with van der Waals surface area (Å²) in [5.74, 6) is -0.653. The van der Waals surface area contributed by atoms with Gasteiger partial charge in [0.25, 0.3) is 0 Å². The third kappa shape index (κ3) is 7.65. The maximum absolute atomic E-state index is 12.2. The van der Waals surface area contributed by atoms with Crippen LogP contribution < -0.4 is 11.1 Å². The molecule has 32 heavy (non-hydrogen) atoms. The van der Waals surface area contributed by atoms with Gasteiger partial charge < -0.3 is 19.3 Å². The zero-order chi connectivity index (χ0) is 22.9. The Morgan fingerprint density at radius 2 is 1.94 bits per heavy atom. The Morgan fingerprint density at radius 1 is 1.22 bits per heavy atom. The molecule has 0 spiro atoms. The van der Waals surface area contributed by atoms with Gasteiger partial charge in [-0.2, -0.15) is 0 Å². The van der Waals surface area contributed by atoms with Crippen molar-refractivity contribution in [2.24, 2.45) is 20.7 Å². The first-order valence-electron chi connectivity index (χ1n) is 11.6. The molecule has 0 bridgehead atoms. The summed E-state index contributed by atoms with van der Waals surface area (Å²) < 4.78 is 7.10. The minimum absolute atomic E-state index is 0.198. The van der Waals surface area contributed by atoms with E-state index in [1.54, 1.807) is 0 Å². The van der Waals surface area contributed by atoms with Crippen LogP contribution in [0.3, 0.4) is 0 Å². The van der Waals surface area contributed by atoms with Gasteiger partial charge in [-0.3, -0.25) is 9.59 Å². The van der Waals surface area contributed by atoms with Crippen molar-refractivity contribution >= 4 is 33.2 Å². The van der Waals surface area contributed by atoms with E-state index < -0.39 is 39.2 Å². The number of hydrogen-bond donors (Lipinski definition) is 3. The smallest absolute Gasteiger partial charge is 0.306 e. The lowest BCUT2D eigenvalue weighted by Crippen LogP contribution is -2.42. The van der Waals surface area contributed by atoms with Gasteiger partial charge in [-0.15, -0.1) is 0 Å². The van der Waals surface area contributed by atoms with E-state index in [1.165, 1.54) is 25.7 Å². The number of benzene rings is 1. The molecule has 0 radical (unpaired) electrons. The number of nitrogens with one attached hydrogen (secondary N) is 1. The van der Waals surface area contributed by atoms with E-state index in [9.17, 15) is 14.7 Å². The van der Waals surface area contributed by atoms with Gasteiger partial charge in [0.2, 0.25) is 5.91 Å². The predicted molar refractivity (Wildman–Crippen MR) is 134 cm³/mol. The van der Waals surface area contributed by atoms with Crippen LogP contribution in [0.5, 0.6) is 0 Å². The molecule has 1 aliphatic heterocycles. The Bertz CT molecular complexity index is 822. The zero-order valence-corrected chi connectivity index (χ0v) is 20.9. The minimum Gasteiger partial charge on any atom is -0.481 e. The molecule has 1 saturated carbocycles. The van der Waals surface area contributed by atoms with E-state index in [0.29, 0.717) is 38.3 Å². The van der Waals surface area contributed by atoms with E-state index >= 15 is 0 Å². The van der Waals surface area contributed by atoms with Crippen LogP contribution >= 0.6 is 21.3 Å². The Labute approximate surface area is 201 Å². The summed E-state index contributed by atoms with van der Waals surface area (Å²) >= 11 is -0.408. The van der Waals surface area contributed by atoms with Crippen molar-refractivity contribution in [3.63, 3.8) is 0 Å². The number of allylic oxidation sites excluding steroid dienone is 1. The van der Waals surface area contributed by atoms with Crippen molar-refractivity contribution in [3.8, 4) is 0 Å². The number of rotatable bonds is 11. The zero-order valence-electron chi connectivity index (χ0n) is 18.8. The number of amides is 1. The van der Waals surface area contributed by atoms with Crippen LogP contribution in [-0.2, 0) is 16.0 Å². The average Bonchev–Trinajstić information content (AvgIpc) is 3.25. The minimum atomic E-state index is -0.795. The second-order valence-corrected chi connectivity index (χ2v) is 11.0. The van der Waals surface area contributed by atoms with Crippen LogP contribution in [0.2, 0.25) is 0 Å². The highest BCUT2D eigenvalue weighted by Crippen LogP contribution is 2.37. The summed E-state index contributed by atoms with van der Waals surface area (Å²) in [5.41, 5.74) is 7.95. The van der Waals surface area contributed by atoms with E-state index in [4.69, 9.17) is 8.88 Å². The predicted octanol–water partition coefficient (Wildman–Crippen LogP) is 4.35. The summed E-state index contributed by atoms with van der Waals surface area (Å²) in [6.07, 6.45) is 9.16. The van der Waals surface area contributed by atoms with E-state index in [1.807, 2.05) is 30.3 Å². The lowest BCUT2D eigenvalue weighted by molar-refractivity contribution is -0.141. The summed E-state index contributed by atoms with van der Waals surface area (Å²) in [4.78, 5) is 24.0. The maximum atomic E-state index is 12.2. The number of carbonyl (C=O) groups is 2. The lowest BCUT2D eigenvalue weighted by Gasteiger charge is -2.30. The molecule has 176 valence electrons. The molecule has 0 saturated heterocycles. The Kier molecular flexibility index (Phi) is 9.65. The molecule has 1 aromatic rings. The largest absolute Gasteiger partial charge is 0.481 e. The van der Waals surface area contributed by atoms with Crippen LogP contribution in [0.4, 0.5) is 0 Å². The monoisotopic (exact) mass is 554 g/mol. The number of carboxylic acid groups (broad SMARTS) is 1. The molecule has 8 heteroatoms. The van der Waals surface area contributed by atoms with Crippen molar-refractivity contribution in [1.82, 2.24) is 8.43 Å². The highest BCUT2D eigenvalue weighted by molar-refractivity contribution is 14.1.